The number of hydrogen-bond acceptors (Lipinski definition) is 2. The van der Waals surface area contributed by atoms with Crippen LogP contribution in [0.3, 0.4) is 0 Å². The zero-order valence-corrected chi connectivity index (χ0v) is 11.3. The van der Waals surface area contributed by atoms with E-state index in [1.54, 1.807) is 6.07 Å². The second-order valence-corrected chi connectivity index (χ2v) is 4.94. The standard InChI is InChI=1S/C15H20N2O2/c1-3-10(2)14(18)9-17-15(19)12-5-4-11-6-7-16-13(11)8-12/h4-8,10,14,16,18H,3,9H2,1-2H3,(H,17,19)/t10-,14+/m0/s1. The second-order valence-electron chi connectivity index (χ2n) is 4.94. The van der Waals surface area contributed by atoms with Gasteiger partial charge in [0.2, 0.25) is 0 Å². The molecule has 1 aromatic heterocycles. The van der Waals surface area contributed by atoms with Gasteiger partial charge in [-0.2, -0.15) is 0 Å². The number of benzene rings is 1. The van der Waals surface area contributed by atoms with E-state index in [0.29, 0.717) is 5.56 Å². The van der Waals surface area contributed by atoms with E-state index in [4.69, 9.17) is 0 Å². The Bertz CT molecular complexity index is 562. The third kappa shape index (κ3) is 3.15. The summed E-state index contributed by atoms with van der Waals surface area (Å²) in [5, 5.41) is 13.7. The zero-order valence-electron chi connectivity index (χ0n) is 11.3. The first-order valence-electron chi connectivity index (χ1n) is 6.65. The van der Waals surface area contributed by atoms with E-state index in [1.807, 2.05) is 38.2 Å². The number of fused-ring (bicyclic) bond motifs is 1. The van der Waals surface area contributed by atoms with E-state index in [-0.39, 0.29) is 18.4 Å². The quantitative estimate of drug-likeness (QED) is 0.772. The third-order valence-corrected chi connectivity index (χ3v) is 3.59. The number of aliphatic hydroxyl groups excluding tert-OH is 1. The zero-order chi connectivity index (χ0) is 13.8. The normalized spacial score (nSPS) is 14.3. The van der Waals surface area contributed by atoms with Gasteiger partial charge in [-0.3, -0.25) is 4.79 Å². The molecule has 2 rings (SSSR count). The van der Waals surface area contributed by atoms with Gasteiger partial charge in [-0.05, 0) is 29.5 Å². The highest BCUT2D eigenvalue weighted by Crippen LogP contribution is 2.14. The predicted octanol–water partition coefficient (Wildman–Crippen LogP) is 2.30. The van der Waals surface area contributed by atoms with Crippen LogP contribution in [-0.2, 0) is 0 Å². The van der Waals surface area contributed by atoms with E-state index >= 15 is 0 Å². The fourth-order valence-corrected chi connectivity index (χ4v) is 1.96. The fraction of sp³-hybridized carbons (Fsp3) is 0.400. The van der Waals surface area contributed by atoms with Crippen molar-refractivity contribution in [1.82, 2.24) is 10.3 Å². The molecule has 2 atom stereocenters. The van der Waals surface area contributed by atoms with Crippen molar-refractivity contribution in [3.8, 4) is 0 Å². The molecule has 4 heteroatoms. The molecule has 2 aromatic rings. The van der Waals surface area contributed by atoms with E-state index in [2.05, 4.69) is 10.3 Å². The molecule has 19 heavy (non-hydrogen) atoms. The fourth-order valence-electron chi connectivity index (χ4n) is 1.96. The smallest absolute Gasteiger partial charge is 0.251 e. The number of hydrogen-bond donors (Lipinski definition) is 3. The average molecular weight is 260 g/mol. The van der Waals surface area contributed by atoms with Crippen LogP contribution >= 0.6 is 0 Å². The monoisotopic (exact) mass is 260 g/mol. The van der Waals surface area contributed by atoms with Crippen LogP contribution in [0.4, 0.5) is 0 Å². The molecule has 0 spiro atoms. The Balaban J connectivity index is 1.99. The molecule has 1 aromatic carbocycles. The Morgan fingerprint density at radius 3 is 2.95 bits per heavy atom. The van der Waals surface area contributed by atoms with Crippen molar-refractivity contribution < 1.29 is 9.90 Å². The molecule has 0 aliphatic carbocycles. The lowest BCUT2D eigenvalue weighted by atomic mass is 10.0. The molecule has 4 nitrogen and oxygen atoms in total. The summed E-state index contributed by atoms with van der Waals surface area (Å²) in [4.78, 5) is 15.1. The summed E-state index contributed by atoms with van der Waals surface area (Å²) in [6.45, 7) is 4.29. The van der Waals surface area contributed by atoms with Crippen LogP contribution < -0.4 is 5.32 Å². The van der Waals surface area contributed by atoms with Crippen molar-refractivity contribution in [2.75, 3.05) is 6.54 Å². The van der Waals surface area contributed by atoms with Crippen molar-refractivity contribution in [1.29, 1.82) is 0 Å². The van der Waals surface area contributed by atoms with Crippen LogP contribution in [-0.4, -0.2) is 28.6 Å². The minimum absolute atomic E-state index is 0.154. The lowest BCUT2D eigenvalue weighted by Crippen LogP contribution is -2.35. The van der Waals surface area contributed by atoms with Gasteiger partial charge in [0.1, 0.15) is 0 Å². The molecular weight excluding hydrogens is 240 g/mol. The minimum Gasteiger partial charge on any atom is -0.391 e. The van der Waals surface area contributed by atoms with Gasteiger partial charge in [0.15, 0.2) is 0 Å². The first-order chi connectivity index (χ1) is 9.11. The van der Waals surface area contributed by atoms with Gasteiger partial charge in [-0.1, -0.05) is 26.3 Å². The molecule has 1 heterocycles. The Labute approximate surface area is 112 Å². The Hall–Kier alpha value is -1.81. The molecule has 0 radical (unpaired) electrons. The molecule has 0 bridgehead atoms. The maximum absolute atomic E-state index is 12.0. The number of aliphatic hydroxyl groups is 1. The first-order valence-corrected chi connectivity index (χ1v) is 6.65. The van der Waals surface area contributed by atoms with Gasteiger partial charge < -0.3 is 15.4 Å². The molecule has 102 valence electrons. The Morgan fingerprint density at radius 2 is 2.21 bits per heavy atom. The van der Waals surface area contributed by atoms with Crippen LogP contribution in [0.1, 0.15) is 30.6 Å². The van der Waals surface area contributed by atoms with E-state index in [9.17, 15) is 9.90 Å². The van der Waals surface area contributed by atoms with Gasteiger partial charge >= 0.3 is 0 Å². The molecule has 1 amide bonds. The van der Waals surface area contributed by atoms with Crippen molar-refractivity contribution >= 4 is 16.8 Å². The summed E-state index contributed by atoms with van der Waals surface area (Å²) in [6, 6.07) is 7.48. The molecular formula is C15H20N2O2. The highest BCUT2D eigenvalue weighted by Gasteiger charge is 2.14. The van der Waals surface area contributed by atoms with Gasteiger partial charge in [-0.25, -0.2) is 0 Å². The number of carbonyl (C=O) groups is 1. The maximum Gasteiger partial charge on any atom is 0.251 e. The third-order valence-electron chi connectivity index (χ3n) is 3.59. The highest BCUT2D eigenvalue weighted by molar-refractivity contribution is 5.97. The molecule has 0 aliphatic heterocycles. The maximum atomic E-state index is 12.0. The number of amides is 1. The van der Waals surface area contributed by atoms with Crippen LogP contribution in [0.2, 0.25) is 0 Å². The van der Waals surface area contributed by atoms with Gasteiger partial charge in [0.05, 0.1) is 6.10 Å². The topological polar surface area (TPSA) is 65.1 Å². The number of aromatic amines is 1. The summed E-state index contributed by atoms with van der Waals surface area (Å²) < 4.78 is 0. The van der Waals surface area contributed by atoms with E-state index < -0.39 is 6.10 Å². The van der Waals surface area contributed by atoms with Gasteiger partial charge in [0, 0.05) is 23.8 Å². The summed E-state index contributed by atoms with van der Waals surface area (Å²) in [5.41, 5.74) is 1.54. The van der Waals surface area contributed by atoms with Gasteiger partial charge in [-0.15, -0.1) is 0 Å². The molecule has 3 N–H and O–H groups in total. The van der Waals surface area contributed by atoms with Gasteiger partial charge in [0.25, 0.3) is 5.91 Å². The predicted molar refractivity (Wildman–Crippen MR) is 76.1 cm³/mol. The molecule has 0 fully saturated rings. The lowest BCUT2D eigenvalue weighted by molar-refractivity contribution is 0.0850. The van der Waals surface area contributed by atoms with Crippen molar-refractivity contribution in [3.05, 3.63) is 36.0 Å². The lowest BCUT2D eigenvalue weighted by Gasteiger charge is -2.17. The number of aromatic nitrogens is 1. The van der Waals surface area contributed by atoms with Crippen LogP contribution in [0.5, 0.6) is 0 Å². The van der Waals surface area contributed by atoms with E-state index in [0.717, 1.165) is 17.3 Å². The number of carbonyl (C=O) groups excluding carboxylic acids is 1. The van der Waals surface area contributed by atoms with Crippen molar-refractivity contribution in [2.45, 2.75) is 26.4 Å². The largest absolute Gasteiger partial charge is 0.391 e. The average Bonchev–Trinajstić information content (AvgIpc) is 2.90. The molecule has 0 aliphatic rings. The molecule has 0 saturated heterocycles. The SMILES string of the molecule is CC[C@H](C)[C@H](O)CNC(=O)c1ccc2cc[nH]c2c1. The minimum atomic E-state index is -0.497. The van der Waals surface area contributed by atoms with E-state index in [1.165, 1.54) is 0 Å². The summed E-state index contributed by atoms with van der Waals surface area (Å²) >= 11 is 0. The Morgan fingerprint density at radius 1 is 1.42 bits per heavy atom. The van der Waals surface area contributed by atoms with Crippen LogP contribution in [0.15, 0.2) is 30.5 Å². The van der Waals surface area contributed by atoms with Crippen molar-refractivity contribution in [3.63, 3.8) is 0 Å². The van der Waals surface area contributed by atoms with Crippen LogP contribution in [0.25, 0.3) is 10.9 Å². The summed E-state index contributed by atoms with van der Waals surface area (Å²) in [5.74, 6) is 0.0324. The van der Waals surface area contributed by atoms with Crippen molar-refractivity contribution in [2.24, 2.45) is 5.92 Å². The Kier molecular flexibility index (Phi) is 4.22. The number of nitrogens with one attached hydrogen (secondary N) is 2. The molecule has 0 unspecified atom stereocenters. The first kappa shape index (κ1) is 13.6. The van der Waals surface area contributed by atoms with Crippen LogP contribution in [0, 0.1) is 5.92 Å². The second kappa shape index (κ2) is 5.89. The highest BCUT2D eigenvalue weighted by atomic mass is 16.3. The number of H-pyrrole nitrogens is 1. The summed E-state index contributed by atoms with van der Waals surface area (Å²) in [7, 11) is 0. The summed E-state index contributed by atoms with van der Waals surface area (Å²) in [6.07, 6.45) is 2.24. The molecule has 0 saturated carbocycles. The number of rotatable bonds is 5.